The van der Waals surface area contributed by atoms with E-state index in [1.807, 2.05) is 31.2 Å². The Morgan fingerprint density at radius 3 is 2.58 bits per heavy atom. The number of hydrogen-bond donors (Lipinski definition) is 1. The number of fused-ring (bicyclic) bond motifs is 1. The minimum atomic E-state index is -4.00. The number of aryl methyl sites for hydroxylation is 1. The fraction of sp³-hybridized carbons (Fsp3) is 0.118. The van der Waals surface area contributed by atoms with Crippen LogP contribution in [0.15, 0.2) is 47.4 Å². The molecule has 0 aliphatic heterocycles. The Kier molecular flexibility index (Phi) is 4.48. The molecule has 0 bridgehead atoms. The van der Waals surface area contributed by atoms with Crippen molar-refractivity contribution in [3.63, 3.8) is 0 Å². The molecular weight excluding hydrogens is 366 g/mol. The van der Waals surface area contributed by atoms with Crippen LogP contribution in [0.2, 0.25) is 5.02 Å². The smallest absolute Gasteiger partial charge is 0.239 e. The maximum Gasteiger partial charge on any atom is 0.239 e. The molecule has 0 aliphatic carbocycles. The van der Waals surface area contributed by atoms with Gasteiger partial charge < -0.3 is 0 Å². The van der Waals surface area contributed by atoms with Crippen molar-refractivity contribution in [2.45, 2.75) is 18.2 Å². The molecule has 4 nitrogen and oxygen atoms in total. The van der Waals surface area contributed by atoms with Gasteiger partial charge in [-0.1, -0.05) is 36.7 Å². The third-order valence-electron chi connectivity index (χ3n) is 3.72. The minimum Gasteiger partial charge on any atom is -0.289 e. The van der Waals surface area contributed by atoms with Crippen molar-refractivity contribution in [3.8, 4) is 0 Å². The average molecular weight is 380 g/mol. The molecule has 24 heavy (non-hydrogen) atoms. The maximum atomic E-state index is 13.0. The summed E-state index contributed by atoms with van der Waals surface area (Å²) in [6.07, 6.45) is 0.718. The summed E-state index contributed by atoms with van der Waals surface area (Å²) < 4.78 is 24.3. The Labute approximate surface area is 148 Å². The molecule has 0 radical (unpaired) electrons. The van der Waals surface area contributed by atoms with Gasteiger partial charge in [-0.2, -0.15) is 0 Å². The number of ketones is 1. The zero-order valence-corrected chi connectivity index (χ0v) is 15.1. The van der Waals surface area contributed by atoms with Gasteiger partial charge in [0.1, 0.15) is 4.90 Å². The quantitative estimate of drug-likeness (QED) is 0.696. The summed E-state index contributed by atoms with van der Waals surface area (Å²) in [4.78, 5) is 13.7. The number of thiophene rings is 1. The summed E-state index contributed by atoms with van der Waals surface area (Å²) >= 11 is 7.47. The molecular formula is C17H14ClNO3S2. The van der Waals surface area contributed by atoms with Crippen molar-refractivity contribution < 1.29 is 13.2 Å². The predicted octanol–water partition coefficient (Wildman–Crippen LogP) is 4.00. The summed E-state index contributed by atoms with van der Waals surface area (Å²) in [5.41, 5.74) is 0.863. The molecule has 0 spiro atoms. The van der Waals surface area contributed by atoms with Crippen molar-refractivity contribution in [1.29, 1.82) is 0 Å². The zero-order chi connectivity index (χ0) is 17.5. The van der Waals surface area contributed by atoms with Gasteiger partial charge >= 0.3 is 0 Å². The van der Waals surface area contributed by atoms with Crippen LogP contribution < -0.4 is 5.14 Å². The van der Waals surface area contributed by atoms with E-state index in [1.54, 1.807) is 11.3 Å². The molecule has 3 aromatic rings. The molecule has 0 saturated carbocycles. The summed E-state index contributed by atoms with van der Waals surface area (Å²) in [7, 11) is -4.00. The van der Waals surface area contributed by atoms with Gasteiger partial charge in [-0.05, 0) is 30.7 Å². The fourth-order valence-electron chi connectivity index (χ4n) is 2.60. The highest BCUT2D eigenvalue weighted by Crippen LogP contribution is 2.34. The number of halogens is 1. The maximum absolute atomic E-state index is 13.0. The van der Waals surface area contributed by atoms with Crippen LogP contribution in [-0.2, 0) is 16.4 Å². The summed E-state index contributed by atoms with van der Waals surface area (Å²) in [5.74, 6) is -0.231. The monoisotopic (exact) mass is 379 g/mol. The molecule has 0 fully saturated rings. The minimum absolute atomic E-state index is 0.0000540. The van der Waals surface area contributed by atoms with E-state index in [4.69, 9.17) is 16.7 Å². The van der Waals surface area contributed by atoms with Crippen molar-refractivity contribution in [3.05, 3.63) is 63.5 Å². The van der Waals surface area contributed by atoms with Crippen LogP contribution in [0.5, 0.6) is 0 Å². The molecule has 7 heteroatoms. The first-order valence-corrected chi connectivity index (χ1v) is 9.94. The lowest BCUT2D eigenvalue weighted by Gasteiger charge is -2.07. The largest absolute Gasteiger partial charge is 0.289 e. The van der Waals surface area contributed by atoms with Crippen molar-refractivity contribution in [1.82, 2.24) is 0 Å². The van der Waals surface area contributed by atoms with Crippen LogP contribution in [0.3, 0.4) is 0 Å². The Balaban J connectivity index is 2.21. The van der Waals surface area contributed by atoms with Gasteiger partial charge in [0.25, 0.3) is 0 Å². The first-order chi connectivity index (χ1) is 11.3. The summed E-state index contributed by atoms with van der Waals surface area (Å²) in [5, 5.41) is 6.04. The number of rotatable bonds is 4. The number of hydrogen-bond acceptors (Lipinski definition) is 4. The SMILES string of the molecule is CCc1sc2ccccc2c1C(=O)c1ccc(Cl)c(S(N)(=O)=O)c1. The first kappa shape index (κ1) is 17.1. The Bertz CT molecular complexity index is 1050. The van der Waals surface area contributed by atoms with Gasteiger partial charge in [0.05, 0.1) is 5.02 Å². The van der Waals surface area contributed by atoms with Gasteiger partial charge in [-0.3, -0.25) is 4.79 Å². The lowest BCUT2D eigenvalue weighted by molar-refractivity contribution is 0.103. The van der Waals surface area contributed by atoms with Gasteiger partial charge in [0.2, 0.25) is 10.0 Å². The van der Waals surface area contributed by atoms with Crippen LogP contribution >= 0.6 is 22.9 Å². The van der Waals surface area contributed by atoms with E-state index in [-0.39, 0.29) is 21.3 Å². The second-order valence-electron chi connectivity index (χ2n) is 5.27. The third-order valence-corrected chi connectivity index (χ3v) is 6.42. The Morgan fingerprint density at radius 2 is 1.92 bits per heavy atom. The van der Waals surface area contributed by atoms with Crippen molar-refractivity contribution in [2.75, 3.05) is 0 Å². The summed E-state index contributed by atoms with van der Waals surface area (Å²) in [6, 6.07) is 11.8. The molecule has 3 rings (SSSR count). The molecule has 0 saturated heterocycles. The number of primary sulfonamides is 1. The summed E-state index contributed by atoms with van der Waals surface area (Å²) in [6.45, 7) is 1.99. The van der Waals surface area contributed by atoms with Crippen LogP contribution in [0.25, 0.3) is 10.1 Å². The van der Waals surface area contributed by atoms with Gasteiger partial charge in [-0.25, -0.2) is 13.6 Å². The van der Waals surface area contributed by atoms with E-state index in [0.717, 1.165) is 21.4 Å². The van der Waals surface area contributed by atoms with Gasteiger partial charge in [0.15, 0.2) is 5.78 Å². The van der Waals surface area contributed by atoms with E-state index in [1.165, 1.54) is 18.2 Å². The normalized spacial score (nSPS) is 11.8. The van der Waals surface area contributed by atoms with Crippen LogP contribution in [-0.4, -0.2) is 14.2 Å². The second-order valence-corrected chi connectivity index (χ2v) is 8.34. The van der Waals surface area contributed by atoms with Crippen LogP contribution in [0.1, 0.15) is 27.7 Å². The standard InChI is InChI=1S/C17H14ClNO3S2/c1-2-13-16(11-5-3-4-6-14(11)23-13)17(20)10-7-8-12(18)15(9-10)24(19,21)22/h3-9H,2H2,1H3,(H2,19,21,22). The molecule has 0 unspecified atom stereocenters. The fourth-order valence-corrected chi connectivity index (χ4v) is 4.81. The first-order valence-electron chi connectivity index (χ1n) is 7.20. The molecule has 124 valence electrons. The third kappa shape index (κ3) is 2.98. The topological polar surface area (TPSA) is 77.2 Å². The van der Waals surface area contributed by atoms with Crippen LogP contribution in [0.4, 0.5) is 0 Å². The second kappa shape index (κ2) is 6.29. The molecule has 0 aliphatic rings. The zero-order valence-electron chi connectivity index (χ0n) is 12.7. The number of benzene rings is 2. The lowest BCUT2D eigenvalue weighted by Crippen LogP contribution is -2.14. The van der Waals surface area contributed by atoms with Crippen molar-refractivity contribution >= 4 is 48.8 Å². The van der Waals surface area contributed by atoms with Crippen molar-refractivity contribution in [2.24, 2.45) is 5.14 Å². The van der Waals surface area contributed by atoms with Gasteiger partial charge in [0, 0.05) is 26.1 Å². The molecule has 2 N–H and O–H groups in total. The van der Waals surface area contributed by atoms with E-state index in [9.17, 15) is 13.2 Å². The number of carbonyl (C=O) groups is 1. The highest BCUT2D eigenvalue weighted by Gasteiger charge is 2.22. The highest BCUT2D eigenvalue weighted by molar-refractivity contribution is 7.89. The lowest BCUT2D eigenvalue weighted by atomic mass is 9.99. The predicted molar refractivity (Wildman–Crippen MR) is 97.5 cm³/mol. The molecule has 0 atom stereocenters. The van der Waals surface area contributed by atoms with E-state index >= 15 is 0 Å². The molecule has 1 aromatic heterocycles. The molecule has 2 aromatic carbocycles. The van der Waals surface area contributed by atoms with Crippen LogP contribution in [0, 0.1) is 0 Å². The van der Waals surface area contributed by atoms with E-state index in [2.05, 4.69) is 0 Å². The Hall–Kier alpha value is -1.73. The highest BCUT2D eigenvalue weighted by atomic mass is 35.5. The number of sulfonamides is 1. The number of carbonyl (C=O) groups excluding carboxylic acids is 1. The molecule has 1 heterocycles. The average Bonchev–Trinajstić information content (AvgIpc) is 2.92. The van der Waals surface area contributed by atoms with Gasteiger partial charge in [-0.15, -0.1) is 11.3 Å². The molecule has 0 amide bonds. The van der Waals surface area contributed by atoms with E-state index in [0.29, 0.717) is 5.56 Å². The van der Waals surface area contributed by atoms with E-state index < -0.39 is 10.0 Å². The Morgan fingerprint density at radius 1 is 1.21 bits per heavy atom. The number of nitrogens with two attached hydrogens (primary N) is 1.